The molecule has 0 bridgehead atoms. The third kappa shape index (κ3) is 5.26. The molecule has 1 heterocycles. The van der Waals surface area contributed by atoms with Gasteiger partial charge in [-0.1, -0.05) is 15.9 Å². The van der Waals surface area contributed by atoms with E-state index in [2.05, 4.69) is 31.1 Å². The Balaban J connectivity index is 1.92. The molecule has 0 fully saturated rings. The molecule has 156 valence electrons. The van der Waals surface area contributed by atoms with Crippen LogP contribution >= 0.6 is 50.3 Å². The second kappa shape index (κ2) is 9.71. The van der Waals surface area contributed by atoms with E-state index in [-0.39, 0.29) is 15.8 Å². The van der Waals surface area contributed by atoms with E-state index < -0.39 is 5.97 Å². The number of H-pyrrole nitrogens is 1. The maximum absolute atomic E-state index is 11.8. The quantitative estimate of drug-likeness (QED) is 0.201. The molecular weight excluding hydrogens is 589 g/mol. The monoisotopic (exact) mass is 603 g/mol. The van der Waals surface area contributed by atoms with Gasteiger partial charge in [0.2, 0.25) is 5.16 Å². The molecule has 1 aromatic heterocycles. The lowest BCUT2D eigenvalue weighted by Gasteiger charge is -2.06. The summed E-state index contributed by atoms with van der Waals surface area (Å²) in [6.45, 7) is 0. The summed E-state index contributed by atoms with van der Waals surface area (Å²) < 4.78 is 11.8. The van der Waals surface area contributed by atoms with E-state index in [1.165, 1.54) is 6.08 Å². The Morgan fingerprint density at radius 3 is 2.47 bits per heavy atom. The number of phenols is 1. The highest BCUT2D eigenvalue weighted by atomic mass is 127. The molecule has 30 heavy (non-hydrogen) atoms. The van der Waals surface area contributed by atoms with Crippen molar-refractivity contribution in [1.29, 1.82) is 0 Å². The van der Waals surface area contributed by atoms with Gasteiger partial charge < -0.3 is 19.7 Å². The Labute approximate surface area is 198 Å². The summed E-state index contributed by atoms with van der Waals surface area (Å²) in [6, 6.07) is 8.60. The van der Waals surface area contributed by atoms with Crippen LogP contribution in [0.2, 0.25) is 0 Å². The molecule has 8 nitrogen and oxygen atoms in total. The van der Waals surface area contributed by atoms with Crippen LogP contribution in [0.5, 0.6) is 17.2 Å². The lowest BCUT2D eigenvalue weighted by atomic mass is 10.2. The predicted molar refractivity (Wildman–Crippen MR) is 125 cm³/mol. The summed E-state index contributed by atoms with van der Waals surface area (Å²) in [7, 11) is 3.09. The number of aliphatic carboxylic acids is 1. The van der Waals surface area contributed by atoms with Crippen LogP contribution in [0.1, 0.15) is 5.56 Å². The maximum atomic E-state index is 11.8. The number of carboxylic acids is 1. The lowest BCUT2D eigenvalue weighted by Crippen LogP contribution is -1.97. The number of hydrogen-bond acceptors (Lipinski definition) is 7. The molecule has 0 amide bonds. The van der Waals surface area contributed by atoms with Crippen molar-refractivity contribution < 1.29 is 24.5 Å². The summed E-state index contributed by atoms with van der Waals surface area (Å²) in [5.74, 6) is 0.432. The van der Waals surface area contributed by atoms with Gasteiger partial charge in [-0.15, -0.1) is 5.10 Å². The number of ether oxygens (including phenoxy) is 2. The molecular formula is C19H15BrIN3O5S. The number of aromatic amines is 1. The molecule has 3 aromatic rings. The molecule has 0 spiro atoms. The number of carboxylic acid groups (broad SMARTS) is 1. The number of methoxy groups -OCH3 is 2. The normalized spacial score (nSPS) is 11.4. The Hall–Kier alpha value is -2.25. The number of hydrogen-bond donors (Lipinski definition) is 3. The third-order valence-corrected chi connectivity index (χ3v) is 6.00. The van der Waals surface area contributed by atoms with Crippen LogP contribution in [0, 0.1) is 3.57 Å². The summed E-state index contributed by atoms with van der Waals surface area (Å²) in [5.41, 5.74) is 1.04. The van der Waals surface area contributed by atoms with Gasteiger partial charge in [0.1, 0.15) is 22.2 Å². The van der Waals surface area contributed by atoms with E-state index in [0.717, 1.165) is 16.2 Å². The SMILES string of the molecule is COc1cc(OC)cc(-c2nc(S/C(=C\c3cc(Br)cc(I)c3O)C(=O)O)n[nH]2)c1. The van der Waals surface area contributed by atoms with E-state index in [0.29, 0.717) is 32.0 Å². The highest BCUT2D eigenvalue weighted by Gasteiger charge is 2.17. The first-order valence-electron chi connectivity index (χ1n) is 8.27. The van der Waals surface area contributed by atoms with Crippen molar-refractivity contribution in [1.82, 2.24) is 15.2 Å². The topological polar surface area (TPSA) is 118 Å². The number of thioether (sulfide) groups is 1. The summed E-state index contributed by atoms with van der Waals surface area (Å²) in [6.07, 6.45) is 1.37. The molecule has 3 N–H and O–H groups in total. The molecule has 11 heteroatoms. The van der Waals surface area contributed by atoms with Crippen molar-refractivity contribution in [2.24, 2.45) is 0 Å². The molecule has 0 unspecified atom stereocenters. The number of rotatable bonds is 7. The van der Waals surface area contributed by atoms with Gasteiger partial charge in [0.15, 0.2) is 5.82 Å². The highest BCUT2D eigenvalue weighted by molar-refractivity contribution is 14.1. The molecule has 0 saturated carbocycles. The van der Waals surface area contributed by atoms with Gasteiger partial charge in [0, 0.05) is 21.7 Å². The fraction of sp³-hybridized carbons (Fsp3) is 0.105. The van der Waals surface area contributed by atoms with Gasteiger partial charge >= 0.3 is 5.97 Å². The van der Waals surface area contributed by atoms with Crippen LogP contribution in [0.15, 0.2) is 44.9 Å². The van der Waals surface area contributed by atoms with Crippen LogP contribution in [-0.4, -0.2) is 45.6 Å². The largest absolute Gasteiger partial charge is 0.506 e. The van der Waals surface area contributed by atoms with Crippen molar-refractivity contribution in [2.75, 3.05) is 14.2 Å². The average Bonchev–Trinajstić information content (AvgIpc) is 3.19. The number of halogens is 2. The first-order chi connectivity index (χ1) is 14.3. The number of aromatic hydroxyl groups is 1. The summed E-state index contributed by atoms with van der Waals surface area (Å²) >= 11 is 6.18. The van der Waals surface area contributed by atoms with Crippen molar-refractivity contribution >= 4 is 62.3 Å². The Morgan fingerprint density at radius 1 is 1.20 bits per heavy atom. The third-order valence-electron chi connectivity index (χ3n) is 3.85. The van der Waals surface area contributed by atoms with Gasteiger partial charge in [-0.25, -0.2) is 9.78 Å². The van der Waals surface area contributed by atoms with E-state index >= 15 is 0 Å². The van der Waals surface area contributed by atoms with Crippen LogP contribution in [-0.2, 0) is 4.79 Å². The Morgan fingerprint density at radius 2 is 1.87 bits per heavy atom. The molecule has 0 aliphatic carbocycles. The summed E-state index contributed by atoms with van der Waals surface area (Å²) in [5, 5.41) is 26.9. The molecule has 0 aliphatic heterocycles. The number of phenolic OH excluding ortho intramolecular Hbond substituents is 1. The van der Waals surface area contributed by atoms with Crippen molar-refractivity contribution in [3.8, 4) is 28.6 Å². The second-order valence-corrected chi connectivity index (χ2v) is 8.90. The summed E-state index contributed by atoms with van der Waals surface area (Å²) in [4.78, 5) is 16.1. The molecule has 2 aromatic carbocycles. The Kier molecular flexibility index (Phi) is 7.26. The predicted octanol–water partition coefficient (Wildman–Crippen LogP) is 4.78. The van der Waals surface area contributed by atoms with Crippen LogP contribution in [0.4, 0.5) is 0 Å². The lowest BCUT2D eigenvalue weighted by molar-refractivity contribution is -0.131. The van der Waals surface area contributed by atoms with Crippen LogP contribution < -0.4 is 9.47 Å². The van der Waals surface area contributed by atoms with Crippen molar-refractivity contribution in [2.45, 2.75) is 5.16 Å². The Bertz CT molecular complexity index is 1110. The molecule has 0 aliphatic rings. The smallest absolute Gasteiger partial charge is 0.342 e. The second-order valence-electron chi connectivity index (χ2n) is 5.81. The number of nitrogens with one attached hydrogen (secondary N) is 1. The number of benzene rings is 2. The van der Waals surface area contributed by atoms with Gasteiger partial charge in [0.25, 0.3) is 0 Å². The first-order valence-corrected chi connectivity index (χ1v) is 11.0. The van der Waals surface area contributed by atoms with E-state index in [9.17, 15) is 15.0 Å². The highest BCUT2D eigenvalue weighted by Crippen LogP contribution is 2.34. The number of aromatic nitrogens is 3. The average molecular weight is 604 g/mol. The van der Waals surface area contributed by atoms with Crippen molar-refractivity contribution in [3.63, 3.8) is 0 Å². The van der Waals surface area contributed by atoms with Gasteiger partial charge in [-0.2, -0.15) is 0 Å². The molecule has 0 saturated heterocycles. The molecule has 0 radical (unpaired) electrons. The van der Waals surface area contributed by atoms with E-state index in [1.54, 1.807) is 44.6 Å². The number of carbonyl (C=O) groups is 1. The molecule has 3 rings (SSSR count). The van der Waals surface area contributed by atoms with E-state index in [4.69, 9.17) is 9.47 Å². The standard InChI is InChI=1S/C19H15BrIN3O5S/c1-28-12-4-10(5-13(8-12)29-2)17-22-19(24-23-17)30-15(18(26)27)6-9-3-11(20)7-14(21)16(9)25/h3-8,25H,1-2H3,(H,26,27)(H,22,23,24)/b15-6-. The fourth-order valence-electron chi connectivity index (χ4n) is 2.44. The minimum atomic E-state index is -1.16. The zero-order valence-corrected chi connectivity index (χ0v) is 20.2. The number of nitrogens with zero attached hydrogens (tertiary/aromatic N) is 2. The zero-order chi connectivity index (χ0) is 21.8. The van der Waals surface area contributed by atoms with Crippen LogP contribution in [0.3, 0.4) is 0 Å². The fourth-order valence-corrected chi connectivity index (χ4v) is 4.68. The minimum absolute atomic E-state index is 0.00250. The zero-order valence-electron chi connectivity index (χ0n) is 15.6. The van der Waals surface area contributed by atoms with Gasteiger partial charge in [-0.05, 0) is 64.7 Å². The minimum Gasteiger partial charge on any atom is -0.506 e. The maximum Gasteiger partial charge on any atom is 0.342 e. The first kappa shape index (κ1) is 22.4. The van der Waals surface area contributed by atoms with Crippen molar-refractivity contribution in [3.05, 3.63) is 48.8 Å². The van der Waals surface area contributed by atoms with E-state index in [1.807, 2.05) is 22.6 Å². The molecule has 0 atom stereocenters. The van der Waals surface area contributed by atoms with Gasteiger partial charge in [0.05, 0.1) is 17.8 Å². The van der Waals surface area contributed by atoms with Crippen LogP contribution in [0.25, 0.3) is 17.5 Å². The van der Waals surface area contributed by atoms with Gasteiger partial charge in [-0.3, -0.25) is 5.10 Å².